The molecule has 0 aromatic heterocycles. The maximum absolute atomic E-state index is 12.6. The van der Waals surface area contributed by atoms with E-state index >= 15 is 0 Å². The number of nitrogen functional groups attached to an aromatic ring is 1. The molecule has 2 rings (SSSR count). The zero-order valence-corrected chi connectivity index (χ0v) is 14.0. The highest BCUT2D eigenvalue weighted by atomic mass is 16.5. The molecule has 0 atom stereocenters. The quantitative estimate of drug-likeness (QED) is 0.790. The number of rotatable bonds is 6. The van der Waals surface area contributed by atoms with Crippen LogP contribution in [0.3, 0.4) is 0 Å². The van der Waals surface area contributed by atoms with Crippen LogP contribution in [0.2, 0.25) is 0 Å². The molecular formula is C17H20N2O5. The van der Waals surface area contributed by atoms with Gasteiger partial charge in [-0.05, 0) is 30.3 Å². The first kappa shape index (κ1) is 17.3. The fourth-order valence-electron chi connectivity index (χ4n) is 2.23. The first-order valence-electron chi connectivity index (χ1n) is 7.09. The highest BCUT2D eigenvalue weighted by Gasteiger charge is 2.18. The summed E-state index contributed by atoms with van der Waals surface area (Å²) >= 11 is 0. The van der Waals surface area contributed by atoms with Crippen LogP contribution in [-0.2, 0) is 0 Å². The minimum atomic E-state index is -0.363. The summed E-state index contributed by atoms with van der Waals surface area (Å²) in [7, 11) is 5.98. The standard InChI is InChI=1S/C17H20N2O5/c1-21-13-6-5-11(18)9-12(13)19-17(20)10-7-14(22-2)16(24-4)15(8-10)23-3/h5-9H,18H2,1-4H3,(H,19,20). The van der Waals surface area contributed by atoms with Crippen LogP contribution < -0.4 is 30.0 Å². The van der Waals surface area contributed by atoms with E-state index in [1.54, 1.807) is 30.3 Å². The van der Waals surface area contributed by atoms with Crippen LogP contribution in [0.4, 0.5) is 11.4 Å². The van der Waals surface area contributed by atoms with Crippen LogP contribution in [0.25, 0.3) is 0 Å². The number of ether oxygens (including phenoxy) is 4. The van der Waals surface area contributed by atoms with Gasteiger partial charge in [0.1, 0.15) is 5.75 Å². The molecule has 0 saturated heterocycles. The first-order valence-corrected chi connectivity index (χ1v) is 7.09. The third-order valence-corrected chi connectivity index (χ3v) is 3.40. The molecule has 7 heteroatoms. The van der Waals surface area contributed by atoms with Gasteiger partial charge in [-0.15, -0.1) is 0 Å². The van der Waals surface area contributed by atoms with Crippen LogP contribution in [0.15, 0.2) is 30.3 Å². The van der Waals surface area contributed by atoms with Crippen LogP contribution >= 0.6 is 0 Å². The Balaban J connectivity index is 2.38. The second-order valence-corrected chi connectivity index (χ2v) is 4.83. The van der Waals surface area contributed by atoms with Crippen LogP contribution in [0, 0.1) is 0 Å². The Bertz CT molecular complexity index is 721. The zero-order valence-electron chi connectivity index (χ0n) is 14.0. The Kier molecular flexibility index (Phi) is 5.36. The number of amides is 1. The summed E-state index contributed by atoms with van der Waals surface area (Å²) in [5, 5.41) is 2.76. The van der Waals surface area contributed by atoms with Crippen molar-refractivity contribution in [2.45, 2.75) is 0 Å². The van der Waals surface area contributed by atoms with Crippen molar-refractivity contribution in [3.05, 3.63) is 35.9 Å². The van der Waals surface area contributed by atoms with Crippen molar-refractivity contribution >= 4 is 17.3 Å². The molecule has 0 fully saturated rings. The molecule has 0 aliphatic rings. The summed E-state index contributed by atoms with van der Waals surface area (Å²) in [4.78, 5) is 12.6. The minimum absolute atomic E-state index is 0.342. The topological polar surface area (TPSA) is 92.0 Å². The Morgan fingerprint density at radius 2 is 1.46 bits per heavy atom. The van der Waals surface area contributed by atoms with Gasteiger partial charge in [0.25, 0.3) is 5.91 Å². The lowest BCUT2D eigenvalue weighted by molar-refractivity contribution is 0.102. The molecule has 0 aliphatic carbocycles. The lowest BCUT2D eigenvalue weighted by Gasteiger charge is -2.15. The molecule has 7 nitrogen and oxygen atoms in total. The molecule has 3 N–H and O–H groups in total. The van der Waals surface area contributed by atoms with E-state index in [0.29, 0.717) is 39.9 Å². The number of hydrogen-bond donors (Lipinski definition) is 2. The smallest absolute Gasteiger partial charge is 0.256 e. The predicted molar refractivity (Wildman–Crippen MR) is 91.5 cm³/mol. The van der Waals surface area contributed by atoms with Gasteiger partial charge in [-0.1, -0.05) is 0 Å². The summed E-state index contributed by atoms with van der Waals surface area (Å²) in [6.45, 7) is 0. The molecule has 0 saturated carbocycles. The highest BCUT2D eigenvalue weighted by Crippen LogP contribution is 2.38. The van der Waals surface area contributed by atoms with Gasteiger partial charge in [0.15, 0.2) is 11.5 Å². The Labute approximate surface area is 140 Å². The minimum Gasteiger partial charge on any atom is -0.495 e. The van der Waals surface area contributed by atoms with Crippen molar-refractivity contribution < 1.29 is 23.7 Å². The van der Waals surface area contributed by atoms with Crippen LogP contribution in [0.1, 0.15) is 10.4 Å². The summed E-state index contributed by atoms with van der Waals surface area (Å²) in [6, 6.07) is 8.12. The second-order valence-electron chi connectivity index (χ2n) is 4.83. The number of anilines is 2. The maximum Gasteiger partial charge on any atom is 0.256 e. The van der Waals surface area contributed by atoms with E-state index in [2.05, 4.69) is 5.32 Å². The van der Waals surface area contributed by atoms with Crippen molar-refractivity contribution in [3.8, 4) is 23.0 Å². The Hall–Kier alpha value is -3.09. The van der Waals surface area contributed by atoms with Crippen molar-refractivity contribution in [2.24, 2.45) is 0 Å². The van der Waals surface area contributed by atoms with Gasteiger partial charge in [-0.3, -0.25) is 4.79 Å². The van der Waals surface area contributed by atoms with Gasteiger partial charge >= 0.3 is 0 Å². The van der Waals surface area contributed by atoms with E-state index in [0.717, 1.165) is 0 Å². The molecule has 2 aromatic carbocycles. The Morgan fingerprint density at radius 3 is 1.96 bits per heavy atom. The lowest BCUT2D eigenvalue weighted by atomic mass is 10.1. The van der Waals surface area contributed by atoms with Crippen molar-refractivity contribution in [1.82, 2.24) is 0 Å². The first-order chi connectivity index (χ1) is 11.5. The Morgan fingerprint density at radius 1 is 0.875 bits per heavy atom. The third kappa shape index (κ3) is 3.45. The van der Waals surface area contributed by atoms with E-state index in [4.69, 9.17) is 24.7 Å². The number of nitrogens with two attached hydrogens (primary N) is 1. The zero-order chi connectivity index (χ0) is 17.7. The second kappa shape index (κ2) is 7.45. The predicted octanol–water partition coefficient (Wildman–Crippen LogP) is 2.56. The SMILES string of the molecule is COc1ccc(N)cc1NC(=O)c1cc(OC)c(OC)c(OC)c1. The largest absolute Gasteiger partial charge is 0.495 e. The number of nitrogens with one attached hydrogen (secondary N) is 1. The third-order valence-electron chi connectivity index (χ3n) is 3.40. The molecule has 0 radical (unpaired) electrons. The molecule has 1 amide bonds. The number of methoxy groups -OCH3 is 4. The maximum atomic E-state index is 12.6. The van der Waals surface area contributed by atoms with Gasteiger partial charge in [0.2, 0.25) is 5.75 Å². The van der Waals surface area contributed by atoms with E-state index < -0.39 is 0 Å². The van der Waals surface area contributed by atoms with Gasteiger partial charge in [0.05, 0.1) is 34.1 Å². The summed E-state index contributed by atoms with van der Waals surface area (Å²) < 4.78 is 21.0. The van der Waals surface area contributed by atoms with Crippen LogP contribution in [0.5, 0.6) is 23.0 Å². The normalized spacial score (nSPS) is 10.0. The molecule has 0 spiro atoms. The molecule has 0 bridgehead atoms. The molecule has 0 heterocycles. The van der Waals surface area contributed by atoms with Crippen molar-refractivity contribution in [2.75, 3.05) is 39.5 Å². The van der Waals surface area contributed by atoms with Gasteiger partial charge in [0, 0.05) is 11.3 Å². The number of carbonyl (C=O) groups excluding carboxylic acids is 1. The molecule has 128 valence electrons. The highest BCUT2D eigenvalue weighted by molar-refractivity contribution is 6.06. The number of carbonyl (C=O) groups is 1. The van der Waals surface area contributed by atoms with Gasteiger partial charge in [-0.25, -0.2) is 0 Å². The van der Waals surface area contributed by atoms with E-state index in [1.165, 1.54) is 28.4 Å². The van der Waals surface area contributed by atoms with Crippen molar-refractivity contribution in [3.63, 3.8) is 0 Å². The number of hydrogen-bond acceptors (Lipinski definition) is 6. The lowest BCUT2D eigenvalue weighted by Crippen LogP contribution is -2.13. The fraction of sp³-hybridized carbons (Fsp3) is 0.235. The van der Waals surface area contributed by atoms with E-state index in [9.17, 15) is 4.79 Å². The summed E-state index contributed by atoms with van der Waals surface area (Å²) in [5.41, 5.74) is 7.08. The van der Waals surface area contributed by atoms with Crippen LogP contribution in [-0.4, -0.2) is 34.3 Å². The van der Waals surface area contributed by atoms with Crippen molar-refractivity contribution in [1.29, 1.82) is 0 Å². The molecule has 2 aromatic rings. The van der Waals surface area contributed by atoms with E-state index in [1.807, 2.05) is 0 Å². The van der Waals surface area contributed by atoms with Gasteiger partial charge in [-0.2, -0.15) is 0 Å². The molecular weight excluding hydrogens is 312 g/mol. The average Bonchev–Trinajstić information content (AvgIpc) is 2.60. The monoisotopic (exact) mass is 332 g/mol. The molecule has 24 heavy (non-hydrogen) atoms. The summed E-state index contributed by atoms with van der Waals surface area (Å²) in [5.74, 6) is 1.34. The summed E-state index contributed by atoms with van der Waals surface area (Å²) in [6.07, 6.45) is 0. The number of benzene rings is 2. The van der Waals surface area contributed by atoms with Gasteiger partial charge < -0.3 is 30.0 Å². The molecule has 0 unspecified atom stereocenters. The fourth-order valence-corrected chi connectivity index (χ4v) is 2.23. The molecule has 0 aliphatic heterocycles. The average molecular weight is 332 g/mol. The van der Waals surface area contributed by atoms with E-state index in [-0.39, 0.29) is 5.91 Å².